The van der Waals surface area contributed by atoms with Gasteiger partial charge in [0, 0.05) is 16.8 Å². The van der Waals surface area contributed by atoms with Gasteiger partial charge in [0.25, 0.3) is 0 Å². The number of rotatable bonds is 3. The van der Waals surface area contributed by atoms with E-state index in [9.17, 15) is 4.79 Å². The lowest BCUT2D eigenvalue weighted by Crippen LogP contribution is -2.14. The molecule has 0 aliphatic heterocycles. The van der Waals surface area contributed by atoms with Gasteiger partial charge >= 0.3 is 0 Å². The number of carbonyl (C=O) groups is 1. The van der Waals surface area contributed by atoms with Crippen molar-refractivity contribution in [1.82, 2.24) is 9.97 Å². The van der Waals surface area contributed by atoms with Crippen LogP contribution in [0.4, 0.5) is 5.95 Å². The van der Waals surface area contributed by atoms with Crippen LogP contribution in [0.15, 0.2) is 36.5 Å². The number of hydrogen-bond acceptors (Lipinski definition) is 3. The lowest BCUT2D eigenvalue weighted by molar-refractivity contribution is -0.114. The maximum Gasteiger partial charge on any atom is 0.241 e. The van der Waals surface area contributed by atoms with Crippen LogP contribution in [0.1, 0.15) is 0 Å². The van der Waals surface area contributed by atoms with Gasteiger partial charge in [0.1, 0.15) is 5.88 Å². The molecule has 1 N–H and O–H groups in total. The predicted molar refractivity (Wildman–Crippen MR) is 71.8 cm³/mol. The Hall–Kier alpha value is -1.65. The zero-order valence-corrected chi connectivity index (χ0v) is 10.7. The van der Waals surface area contributed by atoms with Crippen LogP contribution in [0, 0.1) is 0 Å². The zero-order chi connectivity index (χ0) is 13.0. The summed E-state index contributed by atoms with van der Waals surface area (Å²) in [5, 5.41) is 3.15. The molecule has 1 aromatic heterocycles. The van der Waals surface area contributed by atoms with E-state index in [0.29, 0.717) is 10.7 Å². The molecule has 0 radical (unpaired) electrons. The van der Waals surface area contributed by atoms with Crippen LogP contribution in [0.2, 0.25) is 5.02 Å². The molecule has 0 atom stereocenters. The molecular weight excluding hydrogens is 273 g/mol. The van der Waals surface area contributed by atoms with Crippen molar-refractivity contribution in [2.24, 2.45) is 0 Å². The predicted octanol–water partition coefficient (Wildman–Crippen LogP) is 2.97. The van der Waals surface area contributed by atoms with Gasteiger partial charge in [0.15, 0.2) is 0 Å². The molecule has 18 heavy (non-hydrogen) atoms. The molecule has 0 saturated carbocycles. The van der Waals surface area contributed by atoms with Crippen LogP contribution < -0.4 is 5.32 Å². The monoisotopic (exact) mass is 281 g/mol. The average molecular weight is 282 g/mol. The summed E-state index contributed by atoms with van der Waals surface area (Å²) in [6, 6.07) is 8.99. The van der Waals surface area contributed by atoms with Crippen molar-refractivity contribution in [2.45, 2.75) is 0 Å². The van der Waals surface area contributed by atoms with E-state index in [1.54, 1.807) is 24.4 Å². The number of nitrogens with one attached hydrogen (secondary N) is 1. The molecule has 6 heteroatoms. The van der Waals surface area contributed by atoms with E-state index in [2.05, 4.69) is 15.3 Å². The van der Waals surface area contributed by atoms with Crippen molar-refractivity contribution in [3.8, 4) is 11.3 Å². The fraction of sp³-hybridized carbons (Fsp3) is 0.0833. The Kier molecular flexibility index (Phi) is 4.12. The highest BCUT2D eigenvalue weighted by atomic mass is 35.5. The molecule has 1 aromatic carbocycles. The molecule has 0 saturated heterocycles. The van der Waals surface area contributed by atoms with Gasteiger partial charge in [-0.2, -0.15) is 0 Å². The number of nitrogens with zero attached hydrogens (tertiary/aromatic N) is 2. The molecule has 0 aliphatic carbocycles. The summed E-state index contributed by atoms with van der Waals surface area (Å²) in [6.45, 7) is 0. The molecule has 0 aliphatic rings. The van der Waals surface area contributed by atoms with Crippen LogP contribution >= 0.6 is 23.2 Å². The van der Waals surface area contributed by atoms with Crippen molar-refractivity contribution in [3.63, 3.8) is 0 Å². The summed E-state index contributed by atoms with van der Waals surface area (Å²) in [4.78, 5) is 19.3. The van der Waals surface area contributed by atoms with Crippen LogP contribution in [-0.4, -0.2) is 21.8 Å². The molecule has 0 unspecified atom stereocenters. The van der Waals surface area contributed by atoms with Gasteiger partial charge in [-0.1, -0.05) is 23.7 Å². The minimum atomic E-state index is -0.343. The molecule has 0 fully saturated rings. The summed E-state index contributed by atoms with van der Waals surface area (Å²) in [6.07, 6.45) is 1.57. The summed E-state index contributed by atoms with van der Waals surface area (Å²) < 4.78 is 0. The van der Waals surface area contributed by atoms with Crippen LogP contribution in [0.5, 0.6) is 0 Å². The molecule has 2 rings (SSSR count). The van der Waals surface area contributed by atoms with Gasteiger partial charge in [-0.3, -0.25) is 10.1 Å². The first-order chi connectivity index (χ1) is 8.69. The smallest absolute Gasteiger partial charge is 0.241 e. The van der Waals surface area contributed by atoms with Gasteiger partial charge in [0.2, 0.25) is 11.9 Å². The van der Waals surface area contributed by atoms with E-state index in [0.717, 1.165) is 5.56 Å². The number of aromatic nitrogens is 2. The lowest BCUT2D eigenvalue weighted by atomic mass is 10.1. The van der Waals surface area contributed by atoms with Crippen LogP contribution in [-0.2, 0) is 4.79 Å². The third-order valence-electron chi connectivity index (χ3n) is 2.17. The van der Waals surface area contributed by atoms with Gasteiger partial charge in [0.05, 0.1) is 5.69 Å². The van der Waals surface area contributed by atoms with Gasteiger partial charge < -0.3 is 0 Å². The van der Waals surface area contributed by atoms with E-state index in [-0.39, 0.29) is 17.7 Å². The van der Waals surface area contributed by atoms with E-state index >= 15 is 0 Å². The second-order valence-electron chi connectivity index (χ2n) is 3.45. The molecule has 92 valence electrons. The quantitative estimate of drug-likeness (QED) is 0.880. The Labute approximate surface area is 114 Å². The Morgan fingerprint density at radius 1 is 1.22 bits per heavy atom. The molecular formula is C12H9Cl2N3O. The maximum atomic E-state index is 11.1. The number of halogens is 2. The Bertz CT molecular complexity index is 558. The minimum absolute atomic E-state index is 0.130. The van der Waals surface area contributed by atoms with Crippen molar-refractivity contribution in [1.29, 1.82) is 0 Å². The standard InChI is InChI=1S/C12H9Cl2N3O/c13-7-11(18)17-12-15-6-5-10(16-12)8-1-3-9(14)4-2-8/h1-6H,7H2,(H,15,16,17,18). The fourth-order valence-electron chi connectivity index (χ4n) is 1.36. The van der Waals surface area contributed by atoms with Gasteiger partial charge in [-0.25, -0.2) is 9.97 Å². The minimum Gasteiger partial charge on any atom is -0.293 e. The first-order valence-corrected chi connectivity index (χ1v) is 6.05. The fourth-order valence-corrected chi connectivity index (χ4v) is 1.55. The lowest BCUT2D eigenvalue weighted by Gasteiger charge is -2.04. The number of amides is 1. The highest BCUT2D eigenvalue weighted by Crippen LogP contribution is 2.19. The van der Waals surface area contributed by atoms with E-state index in [4.69, 9.17) is 23.2 Å². The Morgan fingerprint density at radius 3 is 2.61 bits per heavy atom. The highest BCUT2D eigenvalue weighted by Gasteiger charge is 2.05. The number of hydrogen-bond donors (Lipinski definition) is 1. The second-order valence-corrected chi connectivity index (χ2v) is 4.16. The number of carbonyl (C=O) groups excluding carboxylic acids is 1. The zero-order valence-electron chi connectivity index (χ0n) is 9.23. The Morgan fingerprint density at radius 2 is 1.94 bits per heavy atom. The third kappa shape index (κ3) is 3.18. The van der Waals surface area contributed by atoms with Gasteiger partial charge in [-0.05, 0) is 18.2 Å². The van der Waals surface area contributed by atoms with Gasteiger partial charge in [-0.15, -0.1) is 11.6 Å². The normalized spacial score (nSPS) is 10.1. The summed E-state index contributed by atoms with van der Waals surface area (Å²) in [5.74, 6) is -0.243. The number of anilines is 1. The van der Waals surface area contributed by atoms with Crippen LogP contribution in [0.3, 0.4) is 0 Å². The van der Waals surface area contributed by atoms with Crippen molar-refractivity contribution >= 4 is 35.1 Å². The number of alkyl halides is 1. The van der Waals surface area contributed by atoms with Crippen molar-refractivity contribution in [2.75, 3.05) is 11.2 Å². The first kappa shape index (κ1) is 12.8. The van der Waals surface area contributed by atoms with E-state index in [1.165, 1.54) is 0 Å². The van der Waals surface area contributed by atoms with Crippen LogP contribution in [0.25, 0.3) is 11.3 Å². The topological polar surface area (TPSA) is 54.9 Å². The molecule has 1 heterocycles. The Balaban J connectivity index is 2.26. The van der Waals surface area contributed by atoms with Crippen molar-refractivity contribution in [3.05, 3.63) is 41.6 Å². The average Bonchev–Trinajstić information content (AvgIpc) is 2.40. The summed E-state index contributed by atoms with van der Waals surface area (Å²) in [5.41, 5.74) is 1.59. The summed E-state index contributed by atoms with van der Waals surface area (Å²) in [7, 11) is 0. The van der Waals surface area contributed by atoms with E-state index < -0.39 is 0 Å². The first-order valence-electron chi connectivity index (χ1n) is 5.14. The van der Waals surface area contributed by atoms with E-state index in [1.807, 2.05) is 12.1 Å². The molecule has 2 aromatic rings. The van der Waals surface area contributed by atoms with Crippen molar-refractivity contribution < 1.29 is 4.79 Å². The molecule has 0 spiro atoms. The maximum absolute atomic E-state index is 11.1. The molecule has 4 nitrogen and oxygen atoms in total. The SMILES string of the molecule is O=C(CCl)Nc1nccc(-c2ccc(Cl)cc2)n1. The summed E-state index contributed by atoms with van der Waals surface area (Å²) >= 11 is 11.2. The number of benzene rings is 1. The molecule has 0 bridgehead atoms. The third-order valence-corrected chi connectivity index (χ3v) is 2.66. The highest BCUT2D eigenvalue weighted by molar-refractivity contribution is 6.30. The molecule has 1 amide bonds. The second kappa shape index (κ2) is 5.80. The largest absolute Gasteiger partial charge is 0.293 e.